The minimum atomic E-state index is 0.400. The van der Waals surface area contributed by atoms with Gasteiger partial charge in [0, 0.05) is 0 Å². The van der Waals surface area contributed by atoms with E-state index in [1.54, 1.807) is 12.3 Å². The van der Waals surface area contributed by atoms with Crippen molar-refractivity contribution in [2.75, 3.05) is 5.73 Å². The lowest BCUT2D eigenvalue weighted by molar-refractivity contribution is 0.848. The standard InChI is InChI=1S/C5H4ClN5S/c6-3-1-2-8-11(3)5-10-9-4(7)12-5/h1-2H,(H2,7,9). The average molecular weight is 202 g/mol. The molecule has 7 heteroatoms. The maximum absolute atomic E-state index is 5.78. The molecule has 0 unspecified atom stereocenters. The van der Waals surface area contributed by atoms with Gasteiger partial charge >= 0.3 is 0 Å². The highest BCUT2D eigenvalue weighted by atomic mass is 35.5. The first-order chi connectivity index (χ1) is 5.77. The van der Waals surface area contributed by atoms with Crippen molar-refractivity contribution < 1.29 is 0 Å². The van der Waals surface area contributed by atoms with E-state index in [0.717, 1.165) is 0 Å². The van der Waals surface area contributed by atoms with Crippen LogP contribution < -0.4 is 5.73 Å². The van der Waals surface area contributed by atoms with Gasteiger partial charge in [0.2, 0.25) is 10.3 Å². The normalized spacial score (nSPS) is 10.4. The van der Waals surface area contributed by atoms with Gasteiger partial charge in [0.25, 0.3) is 0 Å². The van der Waals surface area contributed by atoms with Crippen molar-refractivity contribution in [2.45, 2.75) is 0 Å². The second-order valence-electron chi connectivity index (χ2n) is 1.99. The first kappa shape index (κ1) is 7.51. The summed E-state index contributed by atoms with van der Waals surface area (Å²) in [4.78, 5) is 0. The predicted octanol–water partition coefficient (Wildman–Crippen LogP) is 0.959. The van der Waals surface area contributed by atoms with Gasteiger partial charge in [0.15, 0.2) is 0 Å². The minimum Gasteiger partial charge on any atom is -0.374 e. The second-order valence-corrected chi connectivity index (χ2v) is 3.36. The van der Waals surface area contributed by atoms with E-state index in [2.05, 4.69) is 15.3 Å². The molecular formula is C5H4ClN5S. The Bertz CT molecular complexity index is 394. The lowest BCUT2D eigenvalue weighted by Gasteiger charge is -1.92. The van der Waals surface area contributed by atoms with Gasteiger partial charge in [0.05, 0.1) is 6.20 Å². The number of nitrogens with two attached hydrogens (primary N) is 1. The summed E-state index contributed by atoms with van der Waals surface area (Å²) in [6, 6.07) is 1.67. The highest BCUT2D eigenvalue weighted by molar-refractivity contribution is 7.17. The van der Waals surface area contributed by atoms with Gasteiger partial charge < -0.3 is 5.73 Å². The summed E-state index contributed by atoms with van der Waals surface area (Å²) < 4.78 is 1.47. The topological polar surface area (TPSA) is 69.6 Å². The fraction of sp³-hybridized carbons (Fsp3) is 0. The third-order valence-corrected chi connectivity index (χ3v) is 2.22. The molecule has 0 saturated heterocycles. The zero-order valence-corrected chi connectivity index (χ0v) is 7.38. The van der Waals surface area contributed by atoms with Gasteiger partial charge in [-0.05, 0) is 6.07 Å². The van der Waals surface area contributed by atoms with Crippen molar-refractivity contribution in [3.8, 4) is 5.13 Å². The summed E-state index contributed by atoms with van der Waals surface area (Å²) in [5.41, 5.74) is 5.40. The third kappa shape index (κ3) is 1.15. The Morgan fingerprint density at radius 3 is 2.83 bits per heavy atom. The number of hydrogen-bond acceptors (Lipinski definition) is 5. The molecule has 2 rings (SSSR count). The first-order valence-electron chi connectivity index (χ1n) is 3.06. The molecule has 0 aliphatic heterocycles. The van der Waals surface area contributed by atoms with Crippen LogP contribution in [0.1, 0.15) is 0 Å². The van der Waals surface area contributed by atoms with Gasteiger partial charge in [-0.2, -0.15) is 9.78 Å². The molecule has 0 amide bonds. The number of rotatable bonds is 1. The largest absolute Gasteiger partial charge is 0.374 e. The molecular weight excluding hydrogens is 198 g/mol. The molecule has 2 heterocycles. The van der Waals surface area contributed by atoms with Crippen LogP contribution in [0.2, 0.25) is 5.15 Å². The molecule has 0 radical (unpaired) electrons. The summed E-state index contributed by atoms with van der Waals surface area (Å²) in [6.45, 7) is 0. The second kappa shape index (κ2) is 2.72. The number of hydrogen-bond donors (Lipinski definition) is 1. The van der Waals surface area contributed by atoms with E-state index < -0.39 is 0 Å². The fourth-order valence-corrected chi connectivity index (χ4v) is 1.55. The van der Waals surface area contributed by atoms with Crippen LogP contribution in [0.5, 0.6) is 0 Å². The van der Waals surface area contributed by atoms with Crippen LogP contribution >= 0.6 is 22.9 Å². The summed E-state index contributed by atoms with van der Waals surface area (Å²) in [5.74, 6) is 0. The number of nitrogen functional groups attached to an aromatic ring is 1. The summed E-state index contributed by atoms with van der Waals surface area (Å²) in [5, 5.41) is 12.8. The molecule has 62 valence electrons. The maximum atomic E-state index is 5.78. The van der Waals surface area contributed by atoms with E-state index in [9.17, 15) is 0 Å². The van der Waals surface area contributed by atoms with Crippen LogP contribution in [0.3, 0.4) is 0 Å². The molecule has 0 aliphatic carbocycles. The van der Waals surface area contributed by atoms with Crippen LogP contribution in [0.4, 0.5) is 5.13 Å². The molecule has 2 aromatic rings. The van der Waals surface area contributed by atoms with E-state index in [0.29, 0.717) is 15.4 Å². The van der Waals surface area contributed by atoms with Crippen molar-refractivity contribution in [1.29, 1.82) is 0 Å². The minimum absolute atomic E-state index is 0.400. The Labute approximate surface area is 76.8 Å². The lowest BCUT2D eigenvalue weighted by atomic mass is 10.7. The van der Waals surface area contributed by atoms with Gasteiger partial charge in [-0.1, -0.05) is 22.9 Å². The number of halogens is 1. The first-order valence-corrected chi connectivity index (χ1v) is 4.26. The average Bonchev–Trinajstić information content (AvgIpc) is 2.58. The number of nitrogens with zero attached hydrogens (tertiary/aromatic N) is 4. The fourth-order valence-electron chi connectivity index (χ4n) is 0.740. The molecule has 5 nitrogen and oxygen atoms in total. The molecule has 0 bridgehead atoms. The lowest BCUT2D eigenvalue weighted by Crippen LogP contribution is -1.94. The molecule has 0 saturated carbocycles. The molecule has 0 aromatic carbocycles. The molecule has 0 spiro atoms. The SMILES string of the molecule is Nc1nnc(-n2nccc2Cl)s1. The summed E-state index contributed by atoms with van der Waals surface area (Å²) >= 11 is 7.01. The van der Waals surface area contributed by atoms with Crippen LogP contribution in [0, 0.1) is 0 Å². The van der Waals surface area contributed by atoms with Crippen LogP contribution in [0.25, 0.3) is 5.13 Å². The highest BCUT2D eigenvalue weighted by Crippen LogP contribution is 2.19. The Balaban J connectivity index is 2.50. The quantitative estimate of drug-likeness (QED) is 0.746. The van der Waals surface area contributed by atoms with E-state index in [1.807, 2.05) is 0 Å². The molecule has 0 aliphatic rings. The number of aromatic nitrogens is 4. The van der Waals surface area contributed by atoms with Gasteiger partial charge in [-0.15, -0.1) is 10.2 Å². The smallest absolute Gasteiger partial charge is 0.235 e. The molecule has 0 atom stereocenters. The van der Waals surface area contributed by atoms with Crippen molar-refractivity contribution >= 4 is 28.1 Å². The van der Waals surface area contributed by atoms with Crippen molar-refractivity contribution in [2.24, 2.45) is 0 Å². The van der Waals surface area contributed by atoms with Gasteiger partial charge in [0.1, 0.15) is 5.15 Å². The van der Waals surface area contributed by atoms with E-state index in [1.165, 1.54) is 16.0 Å². The van der Waals surface area contributed by atoms with E-state index in [-0.39, 0.29) is 0 Å². The van der Waals surface area contributed by atoms with Gasteiger partial charge in [-0.3, -0.25) is 0 Å². The summed E-state index contributed by atoms with van der Waals surface area (Å²) in [6.07, 6.45) is 1.58. The molecule has 2 N–H and O–H groups in total. The molecule has 12 heavy (non-hydrogen) atoms. The van der Waals surface area contributed by atoms with Crippen LogP contribution in [0.15, 0.2) is 12.3 Å². The monoisotopic (exact) mass is 201 g/mol. The number of anilines is 1. The molecule has 0 fully saturated rings. The Morgan fingerprint density at radius 2 is 2.33 bits per heavy atom. The Morgan fingerprint density at radius 1 is 1.50 bits per heavy atom. The zero-order valence-electron chi connectivity index (χ0n) is 5.81. The molecule has 2 aromatic heterocycles. The highest BCUT2D eigenvalue weighted by Gasteiger charge is 2.06. The van der Waals surface area contributed by atoms with Crippen molar-refractivity contribution in [3.63, 3.8) is 0 Å². The van der Waals surface area contributed by atoms with E-state index in [4.69, 9.17) is 17.3 Å². The summed E-state index contributed by atoms with van der Waals surface area (Å²) in [7, 11) is 0. The van der Waals surface area contributed by atoms with E-state index >= 15 is 0 Å². The Kier molecular flexibility index (Phi) is 1.70. The maximum Gasteiger partial charge on any atom is 0.235 e. The third-order valence-electron chi connectivity index (χ3n) is 1.21. The van der Waals surface area contributed by atoms with Crippen molar-refractivity contribution in [1.82, 2.24) is 20.0 Å². The predicted molar refractivity (Wildman–Crippen MR) is 46.5 cm³/mol. The Hall–Kier alpha value is -1.14. The van der Waals surface area contributed by atoms with Gasteiger partial charge in [-0.25, -0.2) is 0 Å². The zero-order chi connectivity index (χ0) is 8.55. The van der Waals surface area contributed by atoms with Crippen molar-refractivity contribution in [3.05, 3.63) is 17.4 Å². The van der Waals surface area contributed by atoms with Crippen LogP contribution in [-0.2, 0) is 0 Å². The van der Waals surface area contributed by atoms with Crippen LogP contribution in [-0.4, -0.2) is 20.0 Å².